The van der Waals surface area contributed by atoms with Crippen molar-refractivity contribution in [3.63, 3.8) is 0 Å². The second-order valence-electron chi connectivity index (χ2n) is 28.3. The number of unbranched alkanes of at least 4 members (excludes halogenated alkanes) is 10. The fourth-order valence-electron chi connectivity index (χ4n) is 12.8. The Balaban J connectivity index is 1.84. The Hall–Kier alpha value is -9.78. The molecule has 668 valence electrons. The number of nitrogens with one attached hydrogen (secondary N) is 7. The lowest BCUT2D eigenvalue weighted by Gasteiger charge is -2.44. The van der Waals surface area contributed by atoms with E-state index in [4.69, 9.17) is 76.2 Å². The fourth-order valence-corrected chi connectivity index (χ4v) is 12.8. The third kappa shape index (κ3) is 42.1. The van der Waals surface area contributed by atoms with Gasteiger partial charge in [-0.3, -0.25) is 86.3 Å². The summed E-state index contributed by atoms with van der Waals surface area (Å²) in [6.45, 7) is 11.7. The van der Waals surface area contributed by atoms with Gasteiger partial charge in [-0.1, -0.05) is 38.5 Å². The second-order valence-corrected chi connectivity index (χ2v) is 28.3. The molecule has 3 aliphatic rings. The maximum atomic E-state index is 14.5. The molecular weight excluding hydrogens is 1570 g/mol. The van der Waals surface area contributed by atoms with Gasteiger partial charge in [0.25, 0.3) is 0 Å². The number of hydrogen-bond acceptors (Lipinski definition) is 33. The Morgan fingerprint density at radius 2 is 0.678 bits per heavy atom. The van der Waals surface area contributed by atoms with Gasteiger partial charge in [0.2, 0.25) is 59.7 Å². The molecule has 0 spiro atoms. The Morgan fingerprint density at radius 1 is 0.339 bits per heavy atom. The minimum Gasteiger partial charge on any atom is -0.481 e. The first kappa shape index (κ1) is 102. The van der Waals surface area contributed by atoms with Crippen molar-refractivity contribution < 1.29 is 162 Å². The summed E-state index contributed by atoms with van der Waals surface area (Å²) in [4.78, 5) is 228. The lowest BCUT2D eigenvalue weighted by Crippen LogP contribution is -2.66. The predicted octanol–water partition coefficient (Wildman–Crippen LogP) is 0.511. The highest BCUT2D eigenvalue weighted by Crippen LogP contribution is 2.32. The number of carbonyl (C=O) groups is 18. The van der Waals surface area contributed by atoms with Crippen molar-refractivity contribution in [1.29, 1.82) is 0 Å². The van der Waals surface area contributed by atoms with E-state index in [2.05, 4.69) is 37.2 Å². The highest BCUT2D eigenvalue weighted by molar-refractivity contribution is 5.88. The van der Waals surface area contributed by atoms with Crippen LogP contribution >= 0.6 is 0 Å². The van der Waals surface area contributed by atoms with Crippen molar-refractivity contribution in [1.82, 2.24) is 42.1 Å². The number of carboxylic acid groups (broad SMARTS) is 1. The first-order chi connectivity index (χ1) is 55.8. The summed E-state index contributed by atoms with van der Waals surface area (Å²) in [6.07, 6.45) is -10.4. The predicted molar refractivity (Wildman–Crippen MR) is 403 cm³/mol. The maximum absolute atomic E-state index is 14.5. The van der Waals surface area contributed by atoms with Crippen molar-refractivity contribution in [3.8, 4) is 0 Å². The van der Waals surface area contributed by atoms with Gasteiger partial charge >= 0.3 is 59.7 Å². The van der Waals surface area contributed by atoms with E-state index in [1.807, 2.05) is 0 Å². The average Bonchev–Trinajstić information content (AvgIpc) is 0.799. The van der Waals surface area contributed by atoms with E-state index < -0.39 is 218 Å². The van der Waals surface area contributed by atoms with Gasteiger partial charge in [0.1, 0.15) is 49.6 Å². The molecule has 0 aromatic carbocycles. The van der Waals surface area contributed by atoms with E-state index >= 15 is 0 Å². The third-order valence-electron chi connectivity index (χ3n) is 17.8. The minimum atomic E-state index is -1.65. The summed E-state index contributed by atoms with van der Waals surface area (Å²) in [7, 11) is 0. The molecule has 0 aliphatic carbocycles. The Morgan fingerprint density at radius 3 is 1.05 bits per heavy atom. The standard InChI is InChI=1S/C76H120N8O34/c1-43(85)80-63-68(111-50(8)92)66(109-48(6)90)56(41-107-46(4)88)116-73(63)104-38-24-20-27-58(97)77-34-36-84(37-35-78-59(98)28-21-25-40-106-75-65(82-45(3)87)70(113-52(10)94)71(114-53(11)95)76(118-75)115-54(12)96)61(100)32-31-55(72(103)79-33-23-18-16-14-13-15-17-19-30-62(101)102)83-60(99)29-22-26-39-105-74-64(81-44(2)86)69(112-51(9)93)67(110-49(7)91)57(117-74)42-108-47(5)89/h55-57,63-71,73-76H,13-42H2,1-12H3,(H,77,97)(H,78,98)(H,79,103)(H,80,85)(H,81,86)(H,82,87)(H,83,99)(H,101,102)/t55-,56?,57?,63?,64?,65?,66?,67?,68?,69?,70?,71?,73?,74?,75?,76?/m0/s1. The van der Waals surface area contributed by atoms with Crippen LogP contribution in [0.5, 0.6) is 0 Å². The number of hydrogen-bond donors (Lipinski definition) is 8. The summed E-state index contributed by atoms with van der Waals surface area (Å²) in [5.74, 6) is -12.6. The van der Waals surface area contributed by atoms with Gasteiger partial charge in [0.15, 0.2) is 49.4 Å². The lowest BCUT2D eigenvalue weighted by molar-refractivity contribution is -0.321. The lowest BCUT2D eigenvalue weighted by atomic mass is 9.96. The zero-order chi connectivity index (χ0) is 88.0. The molecule has 3 aliphatic heterocycles. The monoisotopic (exact) mass is 1690 g/mol. The first-order valence-electron chi connectivity index (χ1n) is 39.6. The summed E-state index contributed by atoms with van der Waals surface area (Å²) in [5.41, 5.74) is 0. The highest BCUT2D eigenvalue weighted by atomic mass is 16.8. The Kier molecular flexibility index (Phi) is 48.4. The van der Waals surface area contributed by atoms with Crippen LogP contribution in [0.2, 0.25) is 0 Å². The molecule has 3 heterocycles. The molecule has 0 saturated carbocycles. The normalized spacial score (nSPS) is 22.8. The van der Waals surface area contributed by atoms with Crippen LogP contribution in [0.4, 0.5) is 0 Å². The van der Waals surface area contributed by atoms with Crippen molar-refractivity contribution in [3.05, 3.63) is 0 Å². The number of nitrogens with zero attached hydrogens (tertiary/aromatic N) is 1. The van der Waals surface area contributed by atoms with Crippen molar-refractivity contribution in [2.45, 2.75) is 310 Å². The molecule has 118 heavy (non-hydrogen) atoms. The molecule has 0 bridgehead atoms. The van der Waals surface area contributed by atoms with Gasteiger partial charge in [0, 0.05) is 168 Å². The number of esters is 9. The van der Waals surface area contributed by atoms with E-state index in [-0.39, 0.29) is 130 Å². The van der Waals surface area contributed by atoms with E-state index in [1.54, 1.807) is 0 Å². The van der Waals surface area contributed by atoms with E-state index in [1.165, 1.54) is 18.7 Å². The highest BCUT2D eigenvalue weighted by Gasteiger charge is 2.55. The largest absolute Gasteiger partial charge is 0.481 e. The SMILES string of the molecule is CC(=O)NC1C(OCCCCC(=O)NCCN(CCNC(=O)CCCCOC2OC(OC(C)=O)C(OC(C)=O)C(OC(C)=O)C2NC(C)=O)C(=O)CC[C@H](NC(=O)CCCCOC2OC(COC(C)=O)C(OC(C)=O)C(OC(C)=O)C2NC(C)=O)C(=O)NCCCCCCCCCCC(=O)O)OC(COC(C)=O)C(OC(C)=O)C1OC(C)=O. The first-order valence-corrected chi connectivity index (χ1v) is 39.6. The van der Waals surface area contributed by atoms with Crippen LogP contribution in [-0.4, -0.2) is 281 Å². The molecule has 0 aromatic heterocycles. The summed E-state index contributed by atoms with van der Waals surface area (Å²) in [5, 5.41) is 27.9. The molecule has 16 atom stereocenters. The fraction of sp³-hybridized carbons (Fsp3) is 0.763. The quantitative estimate of drug-likeness (QED) is 0.0234. The van der Waals surface area contributed by atoms with Gasteiger partial charge in [-0.05, 0) is 57.8 Å². The van der Waals surface area contributed by atoms with Crippen LogP contribution in [0.3, 0.4) is 0 Å². The van der Waals surface area contributed by atoms with Gasteiger partial charge in [0.05, 0.1) is 0 Å². The average molecular weight is 1690 g/mol. The topological polar surface area (TPSA) is 553 Å². The van der Waals surface area contributed by atoms with Crippen molar-refractivity contribution in [2.75, 3.05) is 65.8 Å². The summed E-state index contributed by atoms with van der Waals surface area (Å²) < 4.78 is 84.3. The zero-order valence-corrected chi connectivity index (χ0v) is 69.3. The summed E-state index contributed by atoms with van der Waals surface area (Å²) in [6, 6.07) is -5.06. The van der Waals surface area contributed by atoms with Gasteiger partial charge in [-0.15, -0.1) is 0 Å². The summed E-state index contributed by atoms with van der Waals surface area (Å²) >= 11 is 0. The van der Waals surface area contributed by atoms with Gasteiger partial charge < -0.3 is 118 Å². The molecule has 42 nitrogen and oxygen atoms in total. The molecule has 0 radical (unpaired) electrons. The minimum absolute atomic E-state index is 0.0763. The van der Waals surface area contributed by atoms with Crippen LogP contribution in [0.25, 0.3) is 0 Å². The molecule has 3 fully saturated rings. The number of rotatable bonds is 54. The van der Waals surface area contributed by atoms with Crippen LogP contribution in [0.1, 0.15) is 212 Å². The molecule has 3 rings (SSSR count). The molecule has 8 N–H and O–H groups in total. The second kappa shape index (κ2) is 55.8. The van der Waals surface area contributed by atoms with Crippen LogP contribution < -0.4 is 37.2 Å². The third-order valence-corrected chi connectivity index (χ3v) is 17.8. The van der Waals surface area contributed by atoms with E-state index in [0.29, 0.717) is 12.8 Å². The molecule has 15 unspecified atom stereocenters. The number of amides is 8. The maximum Gasteiger partial charge on any atom is 0.305 e. The smallest absolute Gasteiger partial charge is 0.305 e. The van der Waals surface area contributed by atoms with Gasteiger partial charge in [-0.2, -0.15) is 0 Å². The van der Waals surface area contributed by atoms with E-state index in [0.717, 1.165) is 108 Å². The Labute approximate surface area is 684 Å². The van der Waals surface area contributed by atoms with Crippen molar-refractivity contribution >= 4 is 107 Å². The molecule has 3 saturated heterocycles. The number of carbonyl (C=O) groups excluding carboxylic acids is 17. The molecule has 0 aromatic rings. The number of aliphatic carboxylic acids is 1. The molecule has 8 amide bonds. The number of carboxylic acids is 1. The van der Waals surface area contributed by atoms with Crippen LogP contribution in [0, 0.1) is 0 Å². The van der Waals surface area contributed by atoms with Crippen LogP contribution in [0.15, 0.2) is 0 Å². The molecular formula is C76H120N8O34. The van der Waals surface area contributed by atoms with Crippen molar-refractivity contribution in [2.24, 2.45) is 0 Å². The number of ether oxygens (including phenoxy) is 15. The Bertz CT molecular complexity index is 3330. The van der Waals surface area contributed by atoms with Crippen LogP contribution in [-0.2, 0) is 157 Å². The van der Waals surface area contributed by atoms with Gasteiger partial charge in [-0.25, -0.2) is 0 Å². The zero-order valence-electron chi connectivity index (χ0n) is 69.3. The van der Waals surface area contributed by atoms with E-state index in [9.17, 15) is 86.3 Å². The molecule has 42 heteroatoms.